The number of aryl methyl sites for hydroxylation is 1. The van der Waals surface area contributed by atoms with Gasteiger partial charge in [0.1, 0.15) is 6.10 Å². The van der Waals surface area contributed by atoms with Crippen LogP contribution in [0.3, 0.4) is 0 Å². The van der Waals surface area contributed by atoms with E-state index >= 15 is 0 Å². The third-order valence-corrected chi connectivity index (χ3v) is 7.42. The van der Waals surface area contributed by atoms with E-state index in [1.807, 2.05) is 30.0 Å². The molecule has 3 atom stereocenters. The summed E-state index contributed by atoms with van der Waals surface area (Å²) < 4.78 is 33.8. The minimum absolute atomic E-state index is 0.0236. The van der Waals surface area contributed by atoms with Gasteiger partial charge in [-0.05, 0) is 36.6 Å². The summed E-state index contributed by atoms with van der Waals surface area (Å²) in [5, 5.41) is 9.79. The number of aliphatic hydroxyl groups is 1. The maximum atomic E-state index is 12.8. The van der Waals surface area contributed by atoms with Crippen molar-refractivity contribution in [3.8, 4) is 0 Å². The number of nitrogens with zero attached hydrogens (tertiary/aromatic N) is 1. The first kappa shape index (κ1) is 22.7. The van der Waals surface area contributed by atoms with E-state index in [1.54, 1.807) is 24.3 Å². The van der Waals surface area contributed by atoms with E-state index < -0.39 is 28.3 Å². The first-order chi connectivity index (χ1) is 15.4. The number of carbonyl (C=O) groups excluding carboxylic acids is 1. The Morgan fingerprint density at radius 3 is 2.56 bits per heavy atom. The van der Waals surface area contributed by atoms with Gasteiger partial charge in [-0.3, -0.25) is 4.79 Å². The van der Waals surface area contributed by atoms with Crippen molar-refractivity contribution in [3.05, 3.63) is 77.4 Å². The molecule has 0 spiro atoms. The highest BCUT2D eigenvalue weighted by Crippen LogP contribution is 2.22. The fourth-order valence-corrected chi connectivity index (χ4v) is 5.30. The SMILES string of the molecule is Cc1ccc(S(=O)(=O)N[C@@H]2C=C[C@@H](CC(=O)N3CCc4ccccc4C3)O[C@H]2CO)cc1. The Morgan fingerprint density at radius 1 is 1.12 bits per heavy atom. The molecule has 0 radical (unpaired) electrons. The van der Waals surface area contributed by atoms with Crippen molar-refractivity contribution in [3.63, 3.8) is 0 Å². The van der Waals surface area contributed by atoms with Gasteiger partial charge in [-0.1, -0.05) is 54.1 Å². The van der Waals surface area contributed by atoms with Gasteiger partial charge in [-0.15, -0.1) is 0 Å². The highest BCUT2D eigenvalue weighted by Gasteiger charge is 2.32. The number of benzene rings is 2. The predicted octanol–water partition coefficient (Wildman–Crippen LogP) is 1.93. The number of aliphatic hydroxyl groups excluding tert-OH is 1. The largest absolute Gasteiger partial charge is 0.394 e. The van der Waals surface area contributed by atoms with Crippen LogP contribution in [0.2, 0.25) is 0 Å². The molecule has 0 aromatic heterocycles. The second kappa shape index (κ2) is 9.54. The lowest BCUT2D eigenvalue weighted by atomic mass is 9.99. The lowest BCUT2D eigenvalue weighted by Gasteiger charge is -2.33. The molecule has 170 valence electrons. The van der Waals surface area contributed by atoms with Gasteiger partial charge in [0.25, 0.3) is 0 Å². The molecule has 0 fully saturated rings. The fourth-order valence-electron chi connectivity index (χ4n) is 4.08. The summed E-state index contributed by atoms with van der Waals surface area (Å²) in [5.41, 5.74) is 3.39. The average molecular weight is 457 g/mol. The topological polar surface area (TPSA) is 95.9 Å². The van der Waals surface area contributed by atoms with Gasteiger partial charge in [0.05, 0.1) is 30.1 Å². The molecule has 2 heterocycles. The first-order valence-electron chi connectivity index (χ1n) is 10.7. The number of hydrogen-bond donors (Lipinski definition) is 2. The molecule has 2 aliphatic rings. The Morgan fingerprint density at radius 2 is 1.84 bits per heavy atom. The van der Waals surface area contributed by atoms with E-state index in [0.29, 0.717) is 13.1 Å². The number of ether oxygens (including phenoxy) is 1. The van der Waals surface area contributed by atoms with Crippen LogP contribution in [0.25, 0.3) is 0 Å². The van der Waals surface area contributed by atoms with E-state index in [9.17, 15) is 18.3 Å². The molecule has 4 rings (SSSR count). The Labute approximate surface area is 188 Å². The zero-order valence-electron chi connectivity index (χ0n) is 18.0. The van der Waals surface area contributed by atoms with Gasteiger partial charge in [0, 0.05) is 13.1 Å². The van der Waals surface area contributed by atoms with E-state index in [4.69, 9.17) is 4.74 Å². The molecular formula is C24H28N2O5S. The van der Waals surface area contributed by atoms with Crippen LogP contribution in [-0.4, -0.2) is 55.7 Å². The van der Waals surface area contributed by atoms with Crippen molar-refractivity contribution < 1.29 is 23.1 Å². The molecule has 0 saturated carbocycles. The normalized spacial score (nSPS) is 23.1. The van der Waals surface area contributed by atoms with E-state index in [0.717, 1.165) is 17.5 Å². The van der Waals surface area contributed by atoms with Crippen molar-refractivity contribution in [2.75, 3.05) is 13.2 Å². The molecule has 2 aromatic rings. The second-order valence-electron chi connectivity index (χ2n) is 8.28. The van der Waals surface area contributed by atoms with E-state index in [1.165, 1.54) is 17.7 Å². The average Bonchev–Trinajstić information content (AvgIpc) is 2.79. The molecular weight excluding hydrogens is 428 g/mol. The van der Waals surface area contributed by atoms with Gasteiger partial charge >= 0.3 is 0 Å². The van der Waals surface area contributed by atoms with Gasteiger partial charge < -0.3 is 14.7 Å². The number of sulfonamides is 1. The monoisotopic (exact) mass is 456 g/mol. The number of nitrogens with one attached hydrogen (secondary N) is 1. The Balaban J connectivity index is 1.39. The molecule has 1 amide bonds. The third-order valence-electron chi connectivity index (χ3n) is 5.94. The molecule has 0 bridgehead atoms. The predicted molar refractivity (Wildman–Crippen MR) is 120 cm³/mol. The minimum atomic E-state index is -3.77. The van der Waals surface area contributed by atoms with Crippen LogP contribution in [0.5, 0.6) is 0 Å². The highest BCUT2D eigenvalue weighted by molar-refractivity contribution is 7.89. The standard InChI is InChI=1S/C24H28N2O5S/c1-17-6-9-21(10-7-17)32(29,30)25-22-11-8-20(31-23(22)16-27)14-24(28)26-13-12-18-4-2-3-5-19(18)15-26/h2-11,20,22-23,25,27H,12-16H2,1H3/t20-,22+,23-/m0/s1. The van der Waals surface area contributed by atoms with Gasteiger partial charge in [-0.2, -0.15) is 0 Å². The Hall–Kier alpha value is -2.52. The van der Waals surface area contributed by atoms with Crippen LogP contribution < -0.4 is 4.72 Å². The highest BCUT2D eigenvalue weighted by atomic mass is 32.2. The molecule has 7 nitrogen and oxygen atoms in total. The molecule has 2 aliphatic heterocycles. The molecule has 2 aromatic carbocycles. The summed E-state index contributed by atoms with van der Waals surface area (Å²) >= 11 is 0. The molecule has 0 aliphatic carbocycles. The summed E-state index contributed by atoms with van der Waals surface area (Å²) in [6, 6.07) is 13.9. The Bertz CT molecular complexity index is 1100. The van der Waals surface area contributed by atoms with Crippen molar-refractivity contribution in [1.29, 1.82) is 0 Å². The first-order valence-corrected chi connectivity index (χ1v) is 12.2. The molecule has 8 heteroatoms. The van der Waals surface area contributed by atoms with Crippen molar-refractivity contribution in [1.82, 2.24) is 9.62 Å². The van der Waals surface area contributed by atoms with Crippen molar-refractivity contribution in [2.45, 2.75) is 49.5 Å². The number of amides is 1. The number of hydrogen-bond acceptors (Lipinski definition) is 5. The maximum Gasteiger partial charge on any atom is 0.241 e. The van der Waals surface area contributed by atoms with Crippen LogP contribution in [0.4, 0.5) is 0 Å². The molecule has 32 heavy (non-hydrogen) atoms. The summed E-state index contributed by atoms with van der Waals surface area (Å²) in [5.74, 6) is -0.0236. The fraction of sp³-hybridized carbons (Fsp3) is 0.375. The molecule has 2 N–H and O–H groups in total. The summed E-state index contributed by atoms with van der Waals surface area (Å²) in [6.45, 7) is 2.75. The Kier molecular flexibility index (Phi) is 6.76. The van der Waals surface area contributed by atoms with Gasteiger partial charge in [0.2, 0.25) is 15.9 Å². The van der Waals surface area contributed by atoms with Crippen LogP contribution >= 0.6 is 0 Å². The van der Waals surface area contributed by atoms with Crippen molar-refractivity contribution >= 4 is 15.9 Å². The smallest absolute Gasteiger partial charge is 0.241 e. The minimum Gasteiger partial charge on any atom is -0.394 e. The lowest BCUT2D eigenvalue weighted by Crippen LogP contribution is -2.49. The zero-order valence-corrected chi connectivity index (χ0v) is 18.8. The number of rotatable bonds is 6. The number of fused-ring (bicyclic) bond motifs is 1. The molecule has 0 unspecified atom stereocenters. The van der Waals surface area contributed by atoms with Crippen LogP contribution in [0.15, 0.2) is 65.6 Å². The third kappa shape index (κ3) is 5.10. The van der Waals surface area contributed by atoms with Crippen LogP contribution in [0, 0.1) is 6.92 Å². The summed E-state index contributed by atoms with van der Waals surface area (Å²) in [7, 11) is -3.77. The number of carbonyl (C=O) groups is 1. The summed E-state index contributed by atoms with van der Waals surface area (Å²) in [6.07, 6.45) is 3.04. The van der Waals surface area contributed by atoms with Crippen molar-refractivity contribution in [2.24, 2.45) is 0 Å². The van der Waals surface area contributed by atoms with E-state index in [-0.39, 0.29) is 23.8 Å². The quantitative estimate of drug-likeness (QED) is 0.648. The second-order valence-corrected chi connectivity index (χ2v) is 9.99. The van der Waals surface area contributed by atoms with Gasteiger partial charge in [-0.25, -0.2) is 13.1 Å². The summed E-state index contributed by atoms with van der Waals surface area (Å²) in [4.78, 5) is 14.8. The van der Waals surface area contributed by atoms with Crippen LogP contribution in [0.1, 0.15) is 23.1 Å². The van der Waals surface area contributed by atoms with Gasteiger partial charge in [0.15, 0.2) is 0 Å². The van der Waals surface area contributed by atoms with Crippen LogP contribution in [-0.2, 0) is 32.5 Å². The maximum absolute atomic E-state index is 12.8. The zero-order chi connectivity index (χ0) is 22.7. The lowest BCUT2D eigenvalue weighted by molar-refractivity contribution is -0.136. The van der Waals surface area contributed by atoms with E-state index in [2.05, 4.69) is 10.8 Å². The molecule has 0 saturated heterocycles.